The van der Waals surface area contributed by atoms with E-state index in [-0.39, 0.29) is 11.7 Å². The first-order valence-corrected chi connectivity index (χ1v) is 9.95. The third-order valence-electron chi connectivity index (χ3n) is 5.63. The summed E-state index contributed by atoms with van der Waals surface area (Å²) in [7, 11) is 0. The molecule has 1 aromatic heterocycles. The molecule has 0 spiro atoms. The molecule has 0 aliphatic carbocycles. The van der Waals surface area contributed by atoms with Crippen molar-refractivity contribution in [1.82, 2.24) is 19.9 Å². The van der Waals surface area contributed by atoms with Gasteiger partial charge in [-0.3, -0.25) is 0 Å². The number of guanidine groups is 1. The molecule has 154 valence electrons. The van der Waals surface area contributed by atoms with Crippen LogP contribution < -0.4 is 5.84 Å². The SMILES string of the molecule is C=C(c1ccc(C)c(F)c1)C1CCCN(C2=NC(c3ccncn3)=CC(=C)N2N)C1. The van der Waals surface area contributed by atoms with E-state index in [4.69, 9.17) is 10.8 Å². The van der Waals surface area contributed by atoms with E-state index >= 15 is 0 Å². The topological polar surface area (TPSA) is 70.6 Å². The fourth-order valence-electron chi connectivity index (χ4n) is 3.82. The largest absolute Gasteiger partial charge is 0.341 e. The number of piperidine rings is 1. The summed E-state index contributed by atoms with van der Waals surface area (Å²) in [6.07, 6.45) is 6.92. The van der Waals surface area contributed by atoms with Crippen molar-refractivity contribution in [2.24, 2.45) is 16.8 Å². The highest BCUT2D eigenvalue weighted by atomic mass is 19.1. The van der Waals surface area contributed by atoms with Crippen LogP contribution in [-0.4, -0.2) is 38.9 Å². The summed E-state index contributed by atoms with van der Waals surface area (Å²) < 4.78 is 14.1. The maximum absolute atomic E-state index is 14.1. The zero-order valence-electron chi connectivity index (χ0n) is 17.1. The number of rotatable bonds is 3. The molecular weight excluding hydrogens is 379 g/mol. The van der Waals surface area contributed by atoms with Gasteiger partial charge in [-0.25, -0.2) is 30.2 Å². The molecule has 2 aromatic rings. The fraction of sp³-hybridized carbons (Fsp3) is 0.261. The summed E-state index contributed by atoms with van der Waals surface area (Å²) in [5.74, 6) is 6.88. The lowest BCUT2D eigenvalue weighted by molar-refractivity contribution is 0.269. The van der Waals surface area contributed by atoms with Crippen LogP contribution in [0.1, 0.15) is 29.7 Å². The molecule has 0 saturated carbocycles. The van der Waals surface area contributed by atoms with E-state index in [0.717, 1.165) is 30.5 Å². The van der Waals surface area contributed by atoms with E-state index in [9.17, 15) is 4.39 Å². The Balaban J connectivity index is 1.58. The molecule has 1 aromatic carbocycles. The van der Waals surface area contributed by atoms with Crippen LogP contribution in [0.5, 0.6) is 0 Å². The molecule has 30 heavy (non-hydrogen) atoms. The first-order chi connectivity index (χ1) is 14.4. The number of hydrogen-bond donors (Lipinski definition) is 1. The lowest BCUT2D eigenvalue weighted by Crippen LogP contribution is -2.51. The van der Waals surface area contributed by atoms with E-state index in [1.807, 2.05) is 6.07 Å². The number of nitrogens with zero attached hydrogens (tertiary/aromatic N) is 5. The van der Waals surface area contributed by atoms with Crippen molar-refractivity contribution in [1.29, 1.82) is 0 Å². The van der Waals surface area contributed by atoms with Gasteiger partial charge in [-0.15, -0.1) is 0 Å². The van der Waals surface area contributed by atoms with Crippen LogP contribution in [0, 0.1) is 18.7 Å². The van der Waals surface area contributed by atoms with E-state index in [1.165, 1.54) is 11.3 Å². The zero-order chi connectivity index (χ0) is 21.3. The van der Waals surface area contributed by atoms with Crippen molar-refractivity contribution < 1.29 is 4.39 Å². The second-order valence-electron chi connectivity index (χ2n) is 7.67. The molecule has 3 heterocycles. The number of hydrogen-bond acceptors (Lipinski definition) is 6. The Labute approximate surface area is 175 Å². The van der Waals surface area contributed by atoms with E-state index in [0.29, 0.717) is 35.2 Å². The minimum atomic E-state index is -0.206. The first-order valence-electron chi connectivity index (χ1n) is 9.95. The monoisotopic (exact) mass is 404 g/mol. The van der Waals surface area contributed by atoms with Crippen LogP contribution in [0.25, 0.3) is 11.3 Å². The lowest BCUT2D eigenvalue weighted by atomic mass is 9.87. The van der Waals surface area contributed by atoms with Crippen LogP contribution in [-0.2, 0) is 0 Å². The predicted molar refractivity (Wildman–Crippen MR) is 117 cm³/mol. The fourth-order valence-corrected chi connectivity index (χ4v) is 3.82. The molecule has 0 radical (unpaired) electrons. The molecule has 2 N–H and O–H groups in total. The molecule has 1 saturated heterocycles. The zero-order valence-corrected chi connectivity index (χ0v) is 17.1. The highest BCUT2D eigenvalue weighted by Gasteiger charge is 2.29. The molecule has 0 amide bonds. The number of allylic oxidation sites excluding steroid dienone is 1. The average molecular weight is 404 g/mol. The van der Waals surface area contributed by atoms with Gasteiger partial charge in [0.25, 0.3) is 0 Å². The van der Waals surface area contributed by atoms with Crippen molar-refractivity contribution in [3.05, 3.63) is 84.4 Å². The maximum atomic E-state index is 14.1. The van der Waals surface area contributed by atoms with Crippen LogP contribution in [0.2, 0.25) is 0 Å². The van der Waals surface area contributed by atoms with E-state index in [2.05, 4.69) is 28.0 Å². The highest BCUT2D eigenvalue weighted by Crippen LogP contribution is 2.32. The van der Waals surface area contributed by atoms with Crippen molar-refractivity contribution >= 4 is 17.2 Å². The molecule has 2 aliphatic rings. The molecule has 6 nitrogen and oxygen atoms in total. The van der Waals surface area contributed by atoms with Crippen LogP contribution in [0.3, 0.4) is 0 Å². The van der Waals surface area contributed by atoms with E-state index in [1.54, 1.807) is 37.4 Å². The van der Waals surface area contributed by atoms with Crippen molar-refractivity contribution in [3.63, 3.8) is 0 Å². The minimum Gasteiger partial charge on any atom is -0.341 e. The summed E-state index contributed by atoms with van der Waals surface area (Å²) in [6.45, 7) is 11.6. The van der Waals surface area contributed by atoms with Crippen molar-refractivity contribution in [2.75, 3.05) is 13.1 Å². The maximum Gasteiger partial charge on any atom is 0.221 e. The van der Waals surface area contributed by atoms with Gasteiger partial charge in [-0.1, -0.05) is 25.3 Å². The van der Waals surface area contributed by atoms with Gasteiger partial charge in [0.1, 0.15) is 12.1 Å². The number of aliphatic imine (C=N–C) groups is 1. The summed E-state index contributed by atoms with van der Waals surface area (Å²) in [4.78, 5) is 15.2. The van der Waals surface area contributed by atoms with Crippen molar-refractivity contribution in [2.45, 2.75) is 19.8 Å². The number of halogens is 1. The van der Waals surface area contributed by atoms with Crippen LogP contribution >= 0.6 is 0 Å². The molecule has 1 unspecified atom stereocenters. The van der Waals surface area contributed by atoms with Gasteiger partial charge < -0.3 is 4.90 Å². The molecular formula is C23H25FN6. The van der Waals surface area contributed by atoms with Crippen LogP contribution in [0.4, 0.5) is 4.39 Å². The number of benzene rings is 1. The molecule has 2 aliphatic heterocycles. The molecule has 4 rings (SSSR count). The van der Waals surface area contributed by atoms with Gasteiger partial charge in [-0.05, 0) is 54.7 Å². The Bertz CT molecular complexity index is 1040. The second kappa shape index (κ2) is 8.20. The normalized spacial score (nSPS) is 19.4. The molecule has 1 atom stereocenters. The van der Waals surface area contributed by atoms with Gasteiger partial charge in [0.15, 0.2) is 0 Å². The Morgan fingerprint density at radius 1 is 1.30 bits per heavy atom. The second-order valence-corrected chi connectivity index (χ2v) is 7.67. The van der Waals surface area contributed by atoms with Gasteiger partial charge in [0, 0.05) is 25.2 Å². The molecule has 0 bridgehead atoms. The summed E-state index contributed by atoms with van der Waals surface area (Å²) in [5.41, 5.74) is 4.45. The minimum absolute atomic E-state index is 0.179. The number of nitrogens with two attached hydrogens (primary N) is 1. The Morgan fingerprint density at radius 2 is 2.13 bits per heavy atom. The smallest absolute Gasteiger partial charge is 0.221 e. The third-order valence-corrected chi connectivity index (χ3v) is 5.63. The standard InChI is InChI=1S/C23H25FN6/c1-15-6-7-18(12-20(15)24)17(3)19-5-4-10-29(13-19)23-28-22(11-16(2)30(23)25)21-8-9-26-14-27-21/h6-9,11-12,14,19H,2-5,10,13,25H2,1H3. The van der Waals surface area contributed by atoms with Gasteiger partial charge in [-0.2, -0.15) is 0 Å². The van der Waals surface area contributed by atoms with Gasteiger partial charge >= 0.3 is 0 Å². The first kappa shape index (κ1) is 20.0. The number of aromatic nitrogens is 2. The molecule has 7 heteroatoms. The quantitative estimate of drug-likeness (QED) is 0.789. The van der Waals surface area contributed by atoms with Gasteiger partial charge in [0.2, 0.25) is 5.96 Å². The predicted octanol–water partition coefficient (Wildman–Crippen LogP) is 3.75. The summed E-state index contributed by atoms with van der Waals surface area (Å²) in [5, 5.41) is 1.50. The Hall–Kier alpha value is -3.32. The number of likely N-dealkylation sites (tertiary alicyclic amines) is 1. The summed E-state index contributed by atoms with van der Waals surface area (Å²) in [6, 6.07) is 7.11. The molecule has 1 fully saturated rings. The third kappa shape index (κ3) is 3.89. The number of hydrazine groups is 1. The Kier molecular flexibility index (Phi) is 5.46. The lowest BCUT2D eigenvalue weighted by Gasteiger charge is -2.39. The van der Waals surface area contributed by atoms with Crippen LogP contribution in [0.15, 0.2) is 66.7 Å². The highest BCUT2D eigenvalue weighted by molar-refractivity contribution is 5.90. The average Bonchev–Trinajstić information content (AvgIpc) is 2.77. The van der Waals surface area contributed by atoms with E-state index < -0.39 is 0 Å². The van der Waals surface area contributed by atoms with Gasteiger partial charge in [0.05, 0.1) is 17.1 Å². The number of aryl methyl sites for hydroxylation is 1. The van der Waals surface area contributed by atoms with Crippen molar-refractivity contribution in [3.8, 4) is 0 Å². The Morgan fingerprint density at radius 3 is 2.87 bits per heavy atom. The summed E-state index contributed by atoms with van der Waals surface area (Å²) >= 11 is 0.